The van der Waals surface area contributed by atoms with Gasteiger partial charge >= 0.3 is 0 Å². The number of allylic oxidation sites excluding steroid dienone is 10. The summed E-state index contributed by atoms with van der Waals surface area (Å²) in [6, 6.07) is 36.3. The van der Waals surface area contributed by atoms with Gasteiger partial charge in [0.25, 0.3) is 0 Å². The Labute approximate surface area is 296 Å². The van der Waals surface area contributed by atoms with E-state index >= 15 is 0 Å². The van der Waals surface area contributed by atoms with Crippen LogP contribution < -0.4 is 0 Å². The van der Waals surface area contributed by atoms with Gasteiger partial charge in [0, 0.05) is 32.9 Å². The van der Waals surface area contributed by atoms with Crippen LogP contribution in [0.4, 0.5) is 0 Å². The number of hydrogen-bond donors (Lipinski definition) is 0. The Kier molecular flexibility index (Phi) is 7.19. The lowest BCUT2D eigenvalue weighted by atomic mass is 9.81. The maximum Gasteiger partial charge on any atom is 0.164 e. The molecule has 0 saturated carbocycles. The average molecular weight is 658 g/mol. The molecule has 0 saturated heterocycles. The lowest BCUT2D eigenvalue weighted by Gasteiger charge is -2.23. The van der Waals surface area contributed by atoms with Gasteiger partial charge in [0.2, 0.25) is 0 Å². The highest BCUT2D eigenvalue weighted by molar-refractivity contribution is 6.21. The van der Waals surface area contributed by atoms with Gasteiger partial charge < -0.3 is 4.42 Å². The van der Waals surface area contributed by atoms with Gasteiger partial charge in [-0.2, -0.15) is 0 Å². The fraction of sp³-hybridized carbons (Fsp3) is 0.128. The Hall–Kier alpha value is -6.13. The Morgan fingerprint density at radius 2 is 1.29 bits per heavy atom. The standard InChI is InChI=1S/C47H35N3O/c1-3-14-33(15-4-1)45-48-46(34-16-5-2-6-17-34)50-47(49-45)39-23-12-24-42-43(39)41-29-40(37-20-9-10-21-38(37)44(41)51-42)32-27-25-31(26-28-32)36-22-11-18-30-13-7-8-19-35(30)36/h1,3-5,7-10,12-17,19-25,27,29H,2,6,11,18,26,28H2. The molecule has 2 aromatic heterocycles. The molecule has 10 rings (SSSR count). The lowest BCUT2D eigenvalue weighted by Crippen LogP contribution is -2.04. The second kappa shape index (κ2) is 12.3. The van der Waals surface area contributed by atoms with Crippen LogP contribution in [0, 0.1) is 0 Å². The van der Waals surface area contributed by atoms with Gasteiger partial charge in [0.1, 0.15) is 11.2 Å². The molecule has 0 aliphatic heterocycles. The first-order valence-corrected chi connectivity index (χ1v) is 18.0. The van der Waals surface area contributed by atoms with Crippen LogP contribution in [-0.4, -0.2) is 15.0 Å². The third-order valence-corrected chi connectivity index (χ3v) is 10.6. The van der Waals surface area contributed by atoms with E-state index in [4.69, 9.17) is 19.4 Å². The van der Waals surface area contributed by atoms with Crippen molar-refractivity contribution in [3.8, 4) is 22.8 Å². The highest BCUT2D eigenvalue weighted by Gasteiger charge is 2.23. The Bertz CT molecular complexity index is 2690. The van der Waals surface area contributed by atoms with Gasteiger partial charge in [-0.1, -0.05) is 127 Å². The van der Waals surface area contributed by atoms with Crippen LogP contribution in [0.2, 0.25) is 0 Å². The fourth-order valence-electron chi connectivity index (χ4n) is 8.09. The first-order valence-electron chi connectivity index (χ1n) is 18.0. The summed E-state index contributed by atoms with van der Waals surface area (Å²) in [6.07, 6.45) is 19.9. The van der Waals surface area contributed by atoms with Crippen LogP contribution in [0.15, 0.2) is 150 Å². The van der Waals surface area contributed by atoms with Gasteiger partial charge in [-0.15, -0.1) is 0 Å². The summed E-state index contributed by atoms with van der Waals surface area (Å²) in [4.78, 5) is 15.2. The molecule has 7 aromatic rings. The first kappa shape index (κ1) is 29.8. The predicted octanol–water partition coefficient (Wildman–Crippen LogP) is 12.1. The van der Waals surface area contributed by atoms with E-state index < -0.39 is 0 Å². The van der Waals surface area contributed by atoms with Crippen molar-refractivity contribution >= 4 is 49.4 Å². The molecular formula is C47H35N3O. The van der Waals surface area contributed by atoms with E-state index in [2.05, 4.69) is 115 Å². The van der Waals surface area contributed by atoms with E-state index in [1.54, 1.807) is 0 Å². The number of benzene rings is 5. The highest BCUT2D eigenvalue weighted by atomic mass is 16.3. The molecule has 3 aliphatic carbocycles. The van der Waals surface area contributed by atoms with Crippen LogP contribution in [0.3, 0.4) is 0 Å². The van der Waals surface area contributed by atoms with Crippen LogP contribution >= 0.6 is 0 Å². The smallest absolute Gasteiger partial charge is 0.164 e. The summed E-state index contributed by atoms with van der Waals surface area (Å²) < 4.78 is 6.73. The molecule has 0 bridgehead atoms. The van der Waals surface area contributed by atoms with Crippen molar-refractivity contribution in [2.75, 3.05) is 0 Å². The van der Waals surface area contributed by atoms with E-state index in [-0.39, 0.29) is 0 Å². The van der Waals surface area contributed by atoms with E-state index in [9.17, 15) is 0 Å². The van der Waals surface area contributed by atoms with Crippen molar-refractivity contribution < 1.29 is 4.42 Å². The molecule has 0 atom stereocenters. The van der Waals surface area contributed by atoms with Gasteiger partial charge in [-0.3, -0.25) is 0 Å². The number of furan rings is 1. The Morgan fingerprint density at radius 3 is 2.16 bits per heavy atom. The zero-order valence-corrected chi connectivity index (χ0v) is 28.3. The summed E-state index contributed by atoms with van der Waals surface area (Å²) in [5, 5.41) is 4.43. The summed E-state index contributed by atoms with van der Waals surface area (Å²) in [5.74, 6) is 2.00. The summed E-state index contributed by atoms with van der Waals surface area (Å²) in [7, 11) is 0. The molecule has 3 aliphatic rings. The van der Waals surface area contributed by atoms with Gasteiger partial charge in [-0.25, -0.2) is 15.0 Å². The predicted molar refractivity (Wildman–Crippen MR) is 210 cm³/mol. The number of aryl methyl sites for hydroxylation is 1. The summed E-state index contributed by atoms with van der Waals surface area (Å²) in [6.45, 7) is 0. The molecule has 0 N–H and O–H groups in total. The minimum atomic E-state index is 0.646. The van der Waals surface area contributed by atoms with Crippen molar-refractivity contribution in [1.29, 1.82) is 0 Å². The highest BCUT2D eigenvalue weighted by Crippen LogP contribution is 2.44. The number of nitrogens with zero attached hydrogens (tertiary/aromatic N) is 3. The molecule has 0 fully saturated rings. The first-order chi connectivity index (χ1) is 25.3. The quantitative estimate of drug-likeness (QED) is 0.185. The maximum absolute atomic E-state index is 6.73. The average Bonchev–Trinajstić information content (AvgIpc) is 3.60. The van der Waals surface area contributed by atoms with E-state index in [1.165, 1.54) is 38.8 Å². The topological polar surface area (TPSA) is 51.8 Å². The molecule has 4 heteroatoms. The Balaban J connectivity index is 1.16. The van der Waals surface area contributed by atoms with Crippen LogP contribution in [0.25, 0.3) is 72.2 Å². The lowest BCUT2D eigenvalue weighted by molar-refractivity contribution is 0.672. The molecule has 51 heavy (non-hydrogen) atoms. The number of rotatable bonds is 5. The SMILES string of the molecule is C1=CC(c2nc(-c3ccccc3)nc(-c3cccc4oc5c6ccccc6c(C6=CC=C(C7=CCCc8ccccc87)CC6)cc5c34)n2)=CCC1. The molecule has 0 unspecified atom stereocenters. The van der Waals surface area contributed by atoms with Gasteiger partial charge in [0.05, 0.1) is 0 Å². The molecule has 0 spiro atoms. The molecule has 5 aromatic carbocycles. The van der Waals surface area contributed by atoms with Crippen molar-refractivity contribution in [2.45, 2.75) is 38.5 Å². The van der Waals surface area contributed by atoms with E-state index in [0.29, 0.717) is 17.5 Å². The van der Waals surface area contributed by atoms with Gasteiger partial charge in [-0.05, 0) is 89.5 Å². The van der Waals surface area contributed by atoms with E-state index in [1.807, 2.05) is 24.3 Å². The normalized spacial score (nSPS) is 15.8. The monoisotopic (exact) mass is 657 g/mol. The zero-order valence-electron chi connectivity index (χ0n) is 28.3. The summed E-state index contributed by atoms with van der Waals surface area (Å²) >= 11 is 0. The third kappa shape index (κ3) is 5.18. The second-order valence-electron chi connectivity index (χ2n) is 13.6. The van der Waals surface area contributed by atoms with Gasteiger partial charge in [0.15, 0.2) is 17.5 Å². The van der Waals surface area contributed by atoms with Crippen LogP contribution in [-0.2, 0) is 6.42 Å². The fourth-order valence-corrected chi connectivity index (χ4v) is 8.09. The third-order valence-electron chi connectivity index (χ3n) is 10.6. The number of hydrogen-bond acceptors (Lipinski definition) is 4. The molecular weight excluding hydrogens is 623 g/mol. The Morgan fingerprint density at radius 1 is 0.529 bits per heavy atom. The minimum Gasteiger partial charge on any atom is -0.455 e. The summed E-state index contributed by atoms with van der Waals surface area (Å²) in [5.41, 5.74) is 12.9. The minimum absolute atomic E-state index is 0.646. The van der Waals surface area contributed by atoms with Crippen LogP contribution in [0.5, 0.6) is 0 Å². The zero-order chi connectivity index (χ0) is 33.7. The van der Waals surface area contributed by atoms with Crippen molar-refractivity contribution in [2.24, 2.45) is 0 Å². The molecule has 2 heterocycles. The number of aromatic nitrogens is 3. The van der Waals surface area contributed by atoms with Crippen molar-refractivity contribution in [3.05, 3.63) is 168 Å². The molecule has 244 valence electrons. The van der Waals surface area contributed by atoms with Crippen molar-refractivity contribution in [1.82, 2.24) is 15.0 Å². The van der Waals surface area contributed by atoms with Crippen molar-refractivity contribution in [3.63, 3.8) is 0 Å². The second-order valence-corrected chi connectivity index (χ2v) is 13.6. The van der Waals surface area contributed by atoms with E-state index in [0.717, 1.165) is 82.5 Å². The largest absolute Gasteiger partial charge is 0.455 e. The number of fused-ring (bicyclic) bond motifs is 6. The molecule has 0 radical (unpaired) electrons. The molecule has 0 amide bonds. The van der Waals surface area contributed by atoms with Crippen LogP contribution in [0.1, 0.15) is 54.6 Å². The maximum atomic E-state index is 6.73. The molecule has 4 nitrogen and oxygen atoms in total.